The number of carboxylic acids is 1. The summed E-state index contributed by atoms with van der Waals surface area (Å²) in [6.45, 7) is 23.0. The third kappa shape index (κ3) is 38.6. The number of aromatic nitrogens is 2. The molecule has 0 bridgehead atoms. The Kier molecular flexibility index (Phi) is 46.9. The smallest absolute Gasteiger partial charge is 0.326 e. The first-order valence-electron chi connectivity index (χ1n) is 42.0. The van der Waals surface area contributed by atoms with Gasteiger partial charge in [-0.25, -0.2) is 9.78 Å². The maximum Gasteiger partial charge on any atom is 0.326 e. The number of carboxylic acid groups (broad SMARTS) is 1. The number of nitrogens with two attached hydrogens (primary N) is 4. The van der Waals surface area contributed by atoms with Crippen molar-refractivity contribution in [1.82, 2.24) is 84.4 Å². The fraction of sp³-hybridized carbons (Fsp3) is 0.619. The number of aromatic hydroxyl groups is 1. The van der Waals surface area contributed by atoms with Gasteiger partial charge in [-0.3, -0.25) is 76.7 Å². The molecule has 1 heterocycles. The number of nitrogens with zero attached hydrogens (tertiary/aromatic N) is 1. The second kappa shape index (κ2) is 54.4. The van der Waals surface area contributed by atoms with Gasteiger partial charge in [0.05, 0.1) is 31.8 Å². The zero-order chi connectivity index (χ0) is 93.4. The molecule has 0 unspecified atom stereocenters. The minimum absolute atomic E-state index is 0.0293. The Labute approximate surface area is 729 Å². The van der Waals surface area contributed by atoms with Crippen LogP contribution >= 0.6 is 11.8 Å². The van der Waals surface area contributed by atoms with Crippen molar-refractivity contribution in [3.05, 3.63) is 83.9 Å². The van der Waals surface area contributed by atoms with Crippen molar-refractivity contribution < 1.29 is 91.7 Å². The van der Waals surface area contributed by atoms with Gasteiger partial charge in [0.25, 0.3) is 0 Å². The highest BCUT2D eigenvalue weighted by molar-refractivity contribution is 7.98. The van der Waals surface area contributed by atoms with Crippen LogP contribution in [0, 0.1) is 41.4 Å². The third-order valence-corrected chi connectivity index (χ3v) is 20.8. The highest BCUT2D eigenvalue weighted by Gasteiger charge is 2.41. The molecule has 0 radical (unpaired) electrons. The van der Waals surface area contributed by atoms with E-state index in [4.69, 9.17) is 22.9 Å². The summed E-state index contributed by atoms with van der Waals surface area (Å²) in [4.78, 5) is 243. The second-order valence-corrected chi connectivity index (χ2v) is 34.5. The Bertz CT molecular complexity index is 4020. The van der Waals surface area contributed by atoms with Crippen LogP contribution in [0.15, 0.2) is 67.1 Å². The molecule has 0 aliphatic carbocycles. The fourth-order valence-electron chi connectivity index (χ4n) is 13.0. The highest BCUT2D eigenvalue weighted by atomic mass is 32.2. The van der Waals surface area contributed by atoms with Crippen molar-refractivity contribution in [3.8, 4) is 5.75 Å². The number of phenolic OH excluding ortho intramolecular Hbond substituents is 1. The number of aromatic amines is 1. The van der Waals surface area contributed by atoms with Crippen LogP contribution in [-0.2, 0) is 101 Å². The number of hydrogen-bond donors (Lipinski definition) is 21. The van der Waals surface area contributed by atoms with E-state index in [2.05, 4.69) is 84.4 Å². The summed E-state index contributed by atoms with van der Waals surface area (Å²) in [5.41, 5.74) is 24.3. The number of phenols is 1. The number of benzene rings is 2. The number of H-pyrrole nitrogens is 1. The van der Waals surface area contributed by atoms with Crippen molar-refractivity contribution in [2.24, 2.45) is 64.4 Å². The van der Waals surface area contributed by atoms with Gasteiger partial charge in [-0.2, -0.15) is 11.8 Å². The normalized spacial score (nSPS) is 15.0. The number of amides is 16. The average Bonchev–Trinajstić information content (AvgIpc) is 1.48. The SMILES string of the molecule is CC[C@H](C)[C@H](NC(=O)[C@@H](NC(=O)[C@H](CC(C)C)NC(=O)[C@H](Cc1ccc(O)cc1)NC(=O)[C@H](CCCCN)NC(=O)[C@@H](NC(=O)[C@H](CC(N)=O)NC(=O)CNC(=O)[C@H](CC(C)C)NC(=O)[C@H](Cc1cnc[nH]1)NC(=O)[C@H](CC(N)=O)NC(=O)[C@@H](N)CCSC)C(C)C)C(C)C)C(=O)N[C@H](C(=O)N[C@@H](Cc1ccccc1)C(=O)N[C@@H](CC(C)C)C(=O)O)C(C)C. The number of imidazole rings is 1. The molecule has 0 aliphatic rings. The van der Waals surface area contributed by atoms with E-state index in [1.54, 1.807) is 120 Å². The Morgan fingerprint density at radius 1 is 0.427 bits per heavy atom. The van der Waals surface area contributed by atoms with E-state index in [0.717, 1.165) is 0 Å². The topological polar surface area (TPSA) is 632 Å². The summed E-state index contributed by atoms with van der Waals surface area (Å²) in [6.07, 6.45) is 3.51. The average molecular weight is 1760 g/mol. The van der Waals surface area contributed by atoms with E-state index in [1.165, 1.54) is 62.4 Å². The summed E-state index contributed by atoms with van der Waals surface area (Å²) >= 11 is 1.43. The first-order chi connectivity index (χ1) is 58.3. The van der Waals surface area contributed by atoms with Crippen LogP contribution in [0.4, 0.5) is 0 Å². The Morgan fingerprint density at radius 3 is 1.26 bits per heavy atom. The quantitative estimate of drug-likeness (QED) is 0.0294. The summed E-state index contributed by atoms with van der Waals surface area (Å²) in [5, 5.41) is 56.8. The van der Waals surface area contributed by atoms with Gasteiger partial charge < -0.3 is 113 Å². The molecule has 3 rings (SSSR count). The standard InChI is InChI=1S/C84H134N20O19S/c1-16-49(14)70(83(121)103-68(47(10)11)81(119)99-59(35-50-22-18-17-19-23-50)75(113)100-63(84(122)123)34-45(6)7)104-82(120)69(48(12)13)102-78(116)57(33-44(4)5)96-74(112)58(36-51-25-27-53(105)28-26-51)97-73(111)55(24-20-21-30-85)93-80(118)67(46(8)9)101-79(117)61(38-64(87)106)92-66(108)41-90-72(110)56(32-43(2)3)95-76(114)60(37-52-40-89-42-91-52)98-77(115)62(39-65(88)107)94-71(109)54(86)29-31-124-15/h17-19,22-23,25-28,40,42-49,54-63,67-70,105H,16,20-21,24,29-39,41,85-86H2,1-15H3,(H2,87,106)(H2,88,107)(H,89,91)(H,90,110)(H,92,108)(H,93,118)(H,94,109)(H,95,114)(H,96,112)(H,97,111)(H,98,115)(H,99,119)(H,100,113)(H,101,117)(H,102,116)(H,103,121)(H,104,120)(H,122,123)/t49-,54-,55-,56-,57-,58-,59-,60-,61-,62-,63-,67-,68-,69-,70-/m0/s1. The van der Waals surface area contributed by atoms with Crippen molar-refractivity contribution in [1.29, 1.82) is 0 Å². The molecule has 25 N–H and O–H groups in total. The molecule has 16 amide bonds. The molecule has 2 aromatic carbocycles. The number of aliphatic carboxylic acids is 1. The highest BCUT2D eigenvalue weighted by Crippen LogP contribution is 2.19. The molecule has 1 aromatic heterocycles. The Balaban J connectivity index is 1.91. The maximum atomic E-state index is 15.0. The summed E-state index contributed by atoms with van der Waals surface area (Å²) in [5.74, 6) is -18.8. The molecule has 3 aromatic rings. The number of carbonyl (C=O) groups is 17. The monoisotopic (exact) mass is 1760 g/mol. The van der Waals surface area contributed by atoms with Crippen molar-refractivity contribution in [2.75, 3.05) is 25.1 Å². The fourth-order valence-corrected chi connectivity index (χ4v) is 13.5. The van der Waals surface area contributed by atoms with E-state index in [-0.39, 0.29) is 87.8 Å². The lowest BCUT2D eigenvalue weighted by atomic mass is 9.94. The molecule has 39 nitrogen and oxygen atoms in total. The van der Waals surface area contributed by atoms with Crippen molar-refractivity contribution >= 4 is 112 Å². The van der Waals surface area contributed by atoms with Crippen LogP contribution in [-0.4, -0.2) is 230 Å². The zero-order valence-electron chi connectivity index (χ0n) is 73.8. The predicted octanol–water partition coefficient (Wildman–Crippen LogP) is -1.24. The number of rotatable bonds is 57. The summed E-state index contributed by atoms with van der Waals surface area (Å²) in [7, 11) is 0. The number of thioether (sulfide) groups is 1. The summed E-state index contributed by atoms with van der Waals surface area (Å²) < 4.78 is 0. The molecule has 0 spiro atoms. The van der Waals surface area contributed by atoms with Gasteiger partial charge in [0.15, 0.2) is 0 Å². The summed E-state index contributed by atoms with van der Waals surface area (Å²) in [6, 6.07) is -5.39. The maximum absolute atomic E-state index is 15.0. The molecule has 0 saturated heterocycles. The van der Waals surface area contributed by atoms with Crippen LogP contribution in [0.1, 0.15) is 178 Å². The van der Waals surface area contributed by atoms with Gasteiger partial charge in [-0.05, 0) is 128 Å². The van der Waals surface area contributed by atoms with E-state index >= 15 is 0 Å². The Morgan fingerprint density at radius 2 is 0.806 bits per heavy atom. The van der Waals surface area contributed by atoms with Gasteiger partial charge in [0.2, 0.25) is 94.5 Å². The van der Waals surface area contributed by atoms with E-state index in [0.29, 0.717) is 35.4 Å². The lowest BCUT2D eigenvalue weighted by Gasteiger charge is -2.31. The molecular formula is C84H134N20O19S. The molecule has 0 saturated carbocycles. The van der Waals surface area contributed by atoms with Crippen LogP contribution in [0.5, 0.6) is 5.75 Å². The van der Waals surface area contributed by atoms with Crippen LogP contribution in [0.25, 0.3) is 0 Å². The molecule has 40 heteroatoms. The van der Waals surface area contributed by atoms with E-state index in [1.807, 2.05) is 0 Å². The molecule has 0 fully saturated rings. The minimum Gasteiger partial charge on any atom is -0.508 e. The number of unbranched alkanes of at least 4 members (excludes halogenated alkanes) is 1. The molecule has 15 atom stereocenters. The van der Waals surface area contributed by atoms with Crippen molar-refractivity contribution in [2.45, 2.75) is 265 Å². The lowest BCUT2D eigenvalue weighted by molar-refractivity contribution is -0.143. The largest absolute Gasteiger partial charge is 0.508 e. The van der Waals surface area contributed by atoms with Crippen molar-refractivity contribution in [3.63, 3.8) is 0 Å². The number of primary amides is 2. The number of hydrogen-bond acceptors (Lipinski definition) is 22. The third-order valence-electron chi connectivity index (χ3n) is 20.1. The molecule has 0 aliphatic heterocycles. The lowest BCUT2D eigenvalue weighted by Crippen LogP contribution is -2.62. The minimum atomic E-state index is -1.79. The number of nitrogens with one attached hydrogen (secondary N) is 15. The van der Waals surface area contributed by atoms with Gasteiger partial charge >= 0.3 is 5.97 Å². The number of carbonyl (C=O) groups excluding carboxylic acids is 16. The first-order valence-corrected chi connectivity index (χ1v) is 43.4. The van der Waals surface area contributed by atoms with Gasteiger partial charge in [0.1, 0.15) is 84.3 Å². The van der Waals surface area contributed by atoms with Crippen LogP contribution in [0.2, 0.25) is 0 Å². The zero-order valence-corrected chi connectivity index (χ0v) is 74.6. The van der Waals surface area contributed by atoms with E-state index < -0.39 is 228 Å². The Hall–Kier alpha value is -11.3. The molecular weight excluding hydrogens is 1630 g/mol. The first kappa shape index (κ1) is 107. The molecule has 124 heavy (non-hydrogen) atoms. The van der Waals surface area contributed by atoms with Gasteiger partial charge in [-0.15, -0.1) is 0 Å². The van der Waals surface area contributed by atoms with Gasteiger partial charge in [0, 0.05) is 31.2 Å². The van der Waals surface area contributed by atoms with E-state index in [9.17, 15) is 91.7 Å². The molecule has 690 valence electrons. The van der Waals surface area contributed by atoms with Crippen LogP contribution < -0.4 is 97.4 Å². The van der Waals surface area contributed by atoms with Gasteiger partial charge in [-0.1, -0.05) is 146 Å². The predicted molar refractivity (Wildman–Crippen MR) is 464 cm³/mol. The second-order valence-electron chi connectivity index (χ2n) is 33.5. The van der Waals surface area contributed by atoms with Crippen LogP contribution in [0.3, 0.4) is 0 Å².